The minimum Gasteiger partial charge on any atom is -0.496 e. The molecule has 0 radical (unpaired) electrons. The van der Waals surface area contributed by atoms with Gasteiger partial charge in [-0.1, -0.05) is 6.92 Å². The van der Waals surface area contributed by atoms with Gasteiger partial charge in [-0.05, 0) is 42.9 Å². The van der Waals surface area contributed by atoms with E-state index in [1.165, 1.54) is 24.1 Å². The van der Waals surface area contributed by atoms with Crippen LogP contribution in [0.15, 0.2) is 23.0 Å². The molecule has 0 amide bonds. The van der Waals surface area contributed by atoms with Gasteiger partial charge in [-0.25, -0.2) is 4.98 Å². The number of rotatable bonds is 5. The number of aryl methyl sites for hydroxylation is 1. The lowest BCUT2D eigenvalue weighted by Crippen LogP contribution is -2.15. The number of nitrogens with one attached hydrogen (secondary N) is 1. The topological polar surface area (TPSA) is 107 Å². The standard InChI is InChI=1S/C19H19N3O5S/c1-10-3-5-12-15(7-10)28-19-17(12)18(23)20-16(21-19)9-27-14-6-4-11(26-2)8-13(14)22(24)25/h4,6,8,10H,3,5,7,9H2,1-2H3,(H,20,21,23)/t10-/m0/s1. The summed E-state index contributed by atoms with van der Waals surface area (Å²) < 4.78 is 10.6. The SMILES string of the molecule is COc1ccc(OCc2nc3sc4c(c3c(=O)[nH]2)CC[C@H](C)C4)c([N+](=O)[O-])c1. The maximum atomic E-state index is 12.6. The smallest absolute Gasteiger partial charge is 0.314 e. The Bertz CT molecular complexity index is 1120. The van der Waals surface area contributed by atoms with E-state index < -0.39 is 4.92 Å². The van der Waals surface area contributed by atoms with Crippen molar-refractivity contribution in [2.24, 2.45) is 5.92 Å². The van der Waals surface area contributed by atoms with Crippen molar-refractivity contribution in [2.75, 3.05) is 7.11 Å². The van der Waals surface area contributed by atoms with Gasteiger partial charge in [0.2, 0.25) is 0 Å². The second kappa shape index (κ2) is 7.23. The maximum Gasteiger partial charge on any atom is 0.314 e. The summed E-state index contributed by atoms with van der Waals surface area (Å²) in [6, 6.07) is 4.35. The van der Waals surface area contributed by atoms with Gasteiger partial charge in [0.25, 0.3) is 5.56 Å². The molecule has 146 valence electrons. The van der Waals surface area contributed by atoms with Crippen molar-refractivity contribution in [1.82, 2.24) is 9.97 Å². The summed E-state index contributed by atoms with van der Waals surface area (Å²) in [5, 5.41) is 11.9. The average molecular weight is 401 g/mol. The molecule has 1 aromatic carbocycles. The van der Waals surface area contributed by atoms with Gasteiger partial charge < -0.3 is 14.5 Å². The van der Waals surface area contributed by atoms with Crippen molar-refractivity contribution in [3.8, 4) is 11.5 Å². The molecule has 1 aliphatic carbocycles. The van der Waals surface area contributed by atoms with Gasteiger partial charge in [0.1, 0.15) is 23.0 Å². The fraction of sp³-hybridized carbons (Fsp3) is 0.368. The maximum absolute atomic E-state index is 12.6. The van der Waals surface area contributed by atoms with Crippen LogP contribution in [0, 0.1) is 16.0 Å². The van der Waals surface area contributed by atoms with Gasteiger partial charge in [-0.3, -0.25) is 14.9 Å². The second-order valence-electron chi connectivity index (χ2n) is 6.92. The Morgan fingerprint density at radius 2 is 2.25 bits per heavy atom. The number of nitro groups is 1. The summed E-state index contributed by atoms with van der Waals surface area (Å²) in [4.78, 5) is 32.6. The van der Waals surface area contributed by atoms with Gasteiger partial charge >= 0.3 is 5.69 Å². The van der Waals surface area contributed by atoms with Crippen molar-refractivity contribution in [3.63, 3.8) is 0 Å². The third-order valence-corrected chi connectivity index (χ3v) is 6.09. The van der Waals surface area contributed by atoms with Gasteiger partial charge in [-0.15, -0.1) is 11.3 Å². The minimum absolute atomic E-state index is 0.0721. The number of ether oxygens (including phenoxy) is 2. The van der Waals surface area contributed by atoms with Crippen molar-refractivity contribution >= 4 is 27.2 Å². The van der Waals surface area contributed by atoms with Crippen LogP contribution in [0.25, 0.3) is 10.2 Å². The quantitative estimate of drug-likeness (QED) is 0.517. The lowest BCUT2D eigenvalue weighted by Gasteiger charge is -2.17. The summed E-state index contributed by atoms with van der Waals surface area (Å²) in [7, 11) is 1.44. The number of fused-ring (bicyclic) bond motifs is 3. The molecule has 1 N–H and O–H groups in total. The molecule has 0 aliphatic heterocycles. The zero-order valence-electron chi connectivity index (χ0n) is 15.5. The molecule has 0 unspecified atom stereocenters. The van der Waals surface area contributed by atoms with E-state index >= 15 is 0 Å². The van der Waals surface area contributed by atoms with E-state index in [0.29, 0.717) is 27.7 Å². The van der Waals surface area contributed by atoms with E-state index in [-0.39, 0.29) is 23.6 Å². The molecule has 0 saturated carbocycles. The molecule has 0 fully saturated rings. The Kier molecular flexibility index (Phi) is 4.76. The van der Waals surface area contributed by atoms with E-state index in [1.54, 1.807) is 17.4 Å². The first-order valence-electron chi connectivity index (χ1n) is 8.95. The van der Waals surface area contributed by atoms with Crippen LogP contribution in [0.3, 0.4) is 0 Å². The van der Waals surface area contributed by atoms with Crippen molar-refractivity contribution in [1.29, 1.82) is 0 Å². The van der Waals surface area contributed by atoms with Crippen molar-refractivity contribution in [3.05, 3.63) is 54.9 Å². The van der Waals surface area contributed by atoms with E-state index in [2.05, 4.69) is 16.9 Å². The molecule has 8 nitrogen and oxygen atoms in total. The largest absolute Gasteiger partial charge is 0.496 e. The lowest BCUT2D eigenvalue weighted by molar-refractivity contribution is -0.386. The number of benzene rings is 1. The van der Waals surface area contributed by atoms with Crippen molar-refractivity contribution in [2.45, 2.75) is 32.8 Å². The number of aromatic nitrogens is 2. The molecule has 0 spiro atoms. The molecule has 2 heterocycles. The number of nitrogens with zero attached hydrogens (tertiary/aromatic N) is 2. The highest BCUT2D eigenvalue weighted by molar-refractivity contribution is 7.18. The fourth-order valence-corrected chi connectivity index (χ4v) is 4.90. The molecule has 4 rings (SSSR count). The summed E-state index contributed by atoms with van der Waals surface area (Å²) in [5.74, 6) is 1.41. The van der Waals surface area contributed by atoms with E-state index in [4.69, 9.17) is 9.47 Å². The van der Waals surface area contributed by atoms with Crippen LogP contribution in [0.2, 0.25) is 0 Å². The third-order valence-electron chi connectivity index (χ3n) is 4.94. The predicted octanol–water partition coefficient (Wildman–Crippen LogP) is 3.61. The number of hydrogen-bond donors (Lipinski definition) is 1. The van der Waals surface area contributed by atoms with Gasteiger partial charge in [0.15, 0.2) is 5.75 Å². The molecule has 9 heteroatoms. The average Bonchev–Trinajstić information content (AvgIpc) is 3.03. The third kappa shape index (κ3) is 3.33. The summed E-state index contributed by atoms with van der Waals surface area (Å²) in [5.41, 5.74) is 0.730. The second-order valence-corrected chi connectivity index (χ2v) is 8.01. The summed E-state index contributed by atoms with van der Waals surface area (Å²) in [6.07, 6.45) is 2.94. The van der Waals surface area contributed by atoms with Crippen LogP contribution in [-0.4, -0.2) is 22.0 Å². The predicted molar refractivity (Wildman–Crippen MR) is 105 cm³/mol. The molecule has 1 atom stereocenters. The minimum atomic E-state index is -0.536. The van der Waals surface area contributed by atoms with Gasteiger partial charge in [-0.2, -0.15) is 0 Å². The van der Waals surface area contributed by atoms with Crippen LogP contribution in [0.4, 0.5) is 5.69 Å². The zero-order chi connectivity index (χ0) is 19.8. The van der Waals surface area contributed by atoms with E-state index in [0.717, 1.165) is 24.8 Å². The van der Waals surface area contributed by atoms with Crippen LogP contribution in [-0.2, 0) is 19.4 Å². The highest BCUT2D eigenvalue weighted by atomic mass is 32.1. The molecule has 0 saturated heterocycles. The Morgan fingerprint density at radius 3 is 3.00 bits per heavy atom. The van der Waals surface area contributed by atoms with E-state index in [9.17, 15) is 14.9 Å². The number of aromatic amines is 1. The fourth-order valence-electron chi connectivity index (χ4n) is 3.50. The Labute approximate surface area is 164 Å². The summed E-state index contributed by atoms with van der Waals surface area (Å²) in [6.45, 7) is 2.14. The molecule has 0 bridgehead atoms. The molecule has 1 aliphatic rings. The molecular formula is C19H19N3O5S. The number of methoxy groups -OCH3 is 1. The van der Waals surface area contributed by atoms with Crippen LogP contribution < -0.4 is 15.0 Å². The number of thiophene rings is 1. The monoisotopic (exact) mass is 401 g/mol. The molecule has 28 heavy (non-hydrogen) atoms. The number of nitro benzene ring substituents is 1. The van der Waals surface area contributed by atoms with Crippen LogP contribution >= 0.6 is 11.3 Å². The first-order chi connectivity index (χ1) is 13.5. The highest BCUT2D eigenvalue weighted by Crippen LogP contribution is 2.36. The lowest BCUT2D eigenvalue weighted by atomic mass is 9.89. The van der Waals surface area contributed by atoms with Crippen molar-refractivity contribution < 1.29 is 14.4 Å². The Balaban J connectivity index is 1.63. The Morgan fingerprint density at radius 1 is 1.43 bits per heavy atom. The first-order valence-corrected chi connectivity index (χ1v) is 9.76. The number of hydrogen-bond acceptors (Lipinski definition) is 7. The highest BCUT2D eigenvalue weighted by Gasteiger charge is 2.23. The van der Waals surface area contributed by atoms with E-state index in [1.807, 2.05) is 0 Å². The number of H-pyrrole nitrogens is 1. The molecular weight excluding hydrogens is 382 g/mol. The summed E-state index contributed by atoms with van der Waals surface area (Å²) >= 11 is 1.56. The Hall–Kier alpha value is -2.94. The van der Waals surface area contributed by atoms with Crippen LogP contribution in [0.5, 0.6) is 11.5 Å². The van der Waals surface area contributed by atoms with Gasteiger partial charge in [0.05, 0.1) is 23.5 Å². The first kappa shape index (κ1) is 18.4. The molecule has 3 aromatic rings. The zero-order valence-corrected chi connectivity index (χ0v) is 16.3. The normalized spacial score (nSPS) is 16.0. The van der Waals surface area contributed by atoms with Gasteiger partial charge in [0, 0.05) is 4.88 Å². The molecule has 2 aromatic heterocycles. The van der Waals surface area contributed by atoms with Crippen LogP contribution in [0.1, 0.15) is 29.6 Å².